The minimum absolute atomic E-state index is 0.0104. The quantitative estimate of drug-likeness (QED) is 0.823. The average Bonchev–Trinajstić information content (AvgIpc) is 2.84. The molecule has 1 aliphatic rings. The number of aromatic nitrogens is 2. The summed E-state index contributed by atoms with van der Waals surface area (Å²) in [5.74, 6) is 0.178. The van der Waals surface area contributed by atoms with E-state index in [0.29, 0.717) is 12.4 Å². The van der Waals surface area contributed by atoms with E-state index >= 15 is 0 Å². The molecule has 0 bridgehead atoms. The van der Waals surface area contributed by atoms with E-state index in [1.54, 1.807) is 0 Å². The highest BCUT2D eigenvalue weighted by Crippen LogP contribution is 2.33. The Balaban J connectivity index is 1.92. The van der Waals surface area contributed by atoms with Gasteiger partial charge < -0.3 is 14.8 Å². The first kappa shape index (κ1) is 16.8. The van der Waals surface area contributed by atoms with E-state index in [1.807, 2.05) is 0 Å². The molecule has 1 aromatic rings. The SMILES string of the molecule is C[Si](C)(C)CCN(C(=O)[O-])C1CCC(c2noc(=O)[nH]2)CC1. The van der Waals surface area contributed by atoms with Gasteiger partial charge in [-0.3, -0.25) is 9.51 Å². The van der Waals surface area contributed by atoms with Crippen molar-refractivity contribution in [1.82, 2.24) is 15.0 Å². The molecule has 22 heavy (non-hydrogen) atoms. The third-order valence-corrected chi connectivity index (χ3v) is 6.04. The van der Waals surface area contributed by atoms with Crippen molar-refractivity contribution < 1.29 is 14.4 Å². The van der Waals surface area contributed by atoms with Crippen LogP contribution in [0.3, 0.4) is 0 Å². The third kappa shape index (κ3) is 4.46. The molecule has 0 unspecified atom stereocenters. The van der Waals surface area contributed by atoms with E-state index in [0.717, 1.165) is 31.7 Å². The van der Waals surface area contributed by atoms with Gasteiger partial charge in [-0.15, -0.1) is 0 Å². The van der Waals surface area contributed by atoms with Gasteiger partial charge in [0.2, 0.25) is 0 Å². The van der Waals surface area contributed by atoms with Crippen molar-refractivity contribution in [2.24, 2.45) is 0 Å². The molecule has 1 amide bonds. The van der Waals surface area contributed by atoms with Crippen LogP contribution in [0.5, 0.6) is 0 Å². The molecule has 0 radical (unpaired) electrons. The van der Waals surface area contributed by atoms with Crippen LogP contribution in [0, 0.1) is 0 Å². The van der Waals surface area contributed by atoms with Crippen LogP contribution in [0.2, 0.25) is 25.7 Å². The second kappa shape index (κ2) is 6.68. The number of carboxylic acid groups (broad SMARTS) is 1. The summed E-state index contributed by atoms with van der Waals surface area (Å²) in [6, 6.07) is 0.952. The predicted octanol–water partition coefficient (Wildman–Crippen LogP) is 1.37. The lowest BCUT2D eigenvalue weighted by Crippen LogP contribution is -2.50. The summed E-state index contributed by atoms with van der Waals surface area (Å²) in [4.78, 5) is 26.5. The van der Waals surface area contributed by atoms with Gasteiger partial charge in [0.05, 0.1) is 0 Å². The van der Waals surface area contributed by atoms with E-state index < -0.39 is 19.9 Å². The van der Waals surface area contributed by atoms with Gasteiger partial charge in [0.1, 0.15) is 6.09 Å². The van der Waals surface area contributed by atoms with E-state index in [-0.39, 0.29) is 12.0 Å². The molecule has 0 saturated heterocycles. The van der Waals surface area contributed by atoms with Gasteiger partial charge in [0.15, 0.2) is 5.82 Å². The highest BCUT2D eigenvalue weighted by Gasteiger charge is 2.29. The zero-order valence-electron chi connectivity index (χ0n) is 13.4. The number of aromatic amines is 1. The fourth-order valence-corrected chi connectivity index (χ4v) is 3.87. The minimum Gasteiger partial charge on any atom is -0.530 e. The maximum absolute atomic E-state index is 11.4. The molecule has 1 saturated carbocycles. The summed E-state index contributed by atoms with van der Waals surface area (Å²) in [6.07, 6.45) is 2.04. The summed E-state index contributed by atoms with van der Waals surface area (Å²) in [5, 5.41) is 15.2. The number of rotatable bonds is 5. The number of hydrogen-bond donors (Lipinski definition) is 1. The maximum atomic E-state index is 11.4. The molecule has 1 aromatic heterocycles. The first-order chi connectivity index (χ1) is 10.3. The van der Waals surface area contributed by atoms with Crippen LogP contribution in [0.4, 0.5) is 4.79 Å². The Hall–Kier alpha value is -1.57. The van der Waals surface area contributed by atoms with Crippen LogP contribution in [0.1, 0.15) is 37.4 Å². The van der Waals surface area contributed by atoms with Gasteiger partial charge in [-0.05, 0) is 31.7 Å². The summed E-state index contributed by atoms with van der Waals surface area (Å²) < 4.78 is 4.54. The summed E-state index contributed by atoms with van der Waals surface area (Å²) in [6.45, 7) is 7.27. The molecule has 1 N–H and O–H groups in total. The number of nitrogens with zero attached hydrogens (tertiary/aromatic N) is 2. The highest BCUT2D eigenvalue weighted by atomic mass is 28.3. The van der Waals surface area contributed by atoms with Gasteiger partial charge >= 0.3 is 5.76 Å². The highest BCUT2D eigenvalue weighted by molar-refractivity contribution is 6.76. The second-order valence-corrected chi connectivity index (χ2v) is 12.9. The van der Waals surface area contributed by atoms with E-state index in [1.165, 1.54) is 4.90 Å². The topological polar surface area (TPSA) is 102 Å². The van der Waals surface area contributed by atoms with Crippen LogP contribution in [-0.4, -0.2) is 41.8 Å². The lowest BCUT2D eigenvalue weighted by Gasteiger charge is -2.39. The summed E-state index contributed by atoms with van der Waals surface area (Å²) in [5.41, 5.74) is 0. The molecule has 0 aliphatic heterocycles. The molecular formula is C14H24N3O4Si-. The lowest BCUT2D eigenvalue weighted by molar-refractivity contribution is -0.268. The van der Waals surface area contributed by atoms with Gasteiger partial charge in [-0.25, -0.2) is 4.79 Å². The molecule has 0 spiro atoms. The Kier molecular flexibility index (Phi) is 5.10. The number of hydrogen-bond acceptors (Lipinski definition) is 5. The Labute approximate surface area is 130 Å². The zero-order valence-corrected chi connectivity index (χ0v) is 14.4. The first-order valence-corrected chi connectivity index (χ1v) is 11.5. The van der Waals surface area contributed by atoms with Gasteiger partial charge in [0, 0.05) is 26.6 Å². The molecule has 0 aromatic carbocycles. The Bertz CT molecular complexity index is 555. The number of nitrogens with one attached hydrogen (secondary N) is 1. The summed E-state index contributed by atoms with van der Waals surface area (Å²) >= 11 is 0. The number of H-pyrrole nitrogens is 1. The molecule has 8 heteroatoms. The molecule has 1 aliphatic carbocycles. The van der Waals surface area contributed by atoms with Crippen LogP contribution in [0.25, 0.3) is 0 Å². The fourth-order valence-electron chi connectivity index (χ4n) is 2.96. The fraction of sp³-hybridized carbons (Fsp3) is 0.786. The van der Waals surface area contributed by atoms with Crippen molar-refractivity contribution in [3.8, 4) is 0 Å². The standard InChI is InChI=1S/C14H25N3O4Si/c1-22(2,3)9-8-17(14(19)20)11-6-4-10(5-7-11)12-15-13(18)21-16-12/h10-11H,4-9H2,1-3H3,(H,19,20)(H,15,16,18)/p-1. The van der Waals surface area contributed by atoms with Crippen LogP contribution < -0.4 is 10.9 Å². The molecule has 7 nitrogen and oxygen atoms in total. The van der Waals surface area contributed by atoms with Crippen molar-refractivity contribution in [2.75, 3.05) is 6.54 Å². The third-order valence-electron chi connectivity index (χ3n) is 4.32. The van der Waals surface area contributed by atoms with Crippen molar-refractivity contribution >= 4 is 14.2 Å². The normalized spacial score (nSPS) is 22.5. The largest absolute Gasteiger partial charge is 0.530 e. The van der Waals surface area contributed by atoms with Crippen LogP contribution in [0.15, 0.2) is 9.32 Å². The van der Waals surface area contributed by atoms with Crippen LogP contribution in [-0.2, 0) is 0 Å². The minimum atomic E-state index is -1.29. The lowest BCUT2D eigenvalue weighted by atomic mass is 9.85. The smallest absolute Gasteiger partial charge is 0.438 e. The molecule has 1 fully saturated rings. The maximum Gasteiger partial charge on any atom is 0.438 e. The van der Waals surface area contributed by atoms with Crippen molar-refractivity contribution in [3.05, 3.63) is 16.4 Å². The predicted molar refractivity (Wildman–Crippen MR) is 82.4 cm³/mol. The Morgan fingerprint density at radius 2 is 2.00 bits per heavy atom. The molecule has 1 heterocycles. The molecular weight excluding hydrogens is 302 g/mol. The van der Waals surface area contributed by atoms with Gasteiger partial charge in [-0.1, -0.05) is 24.8 Å². The van der Waals surface area contributed by atoms with E-state index in [4.69, 9.17) is 0 Å². The number of amides is 1. The average molecular weight is 326 g/mol. The van der Waals surface area contributed by atoms with Gasteiger partial charge in [0.25, 0.3) is 0 Å². The molecule has 0 atom stereocenters. The zero-order chi connectivity index (χ0) is 16.3. The first-order valence-electron chi connectivity index (χ1n) is 7.80. The van der Waals surface area contributed by atoms with Crippen molar-refractivity contribution in [3.63, 3.8) is 0 Å². The molecule has 124 valence electrons. The van der Waals surface area contributed by atoms with E-state index in [9.17, 15) is 14.7 Å². The van der Waals surface area contributed by atoms with Gasteiger partial charge in [-0.2, -0.15) is 0 Å². The van der Waals surface area contributed by atoms with Crippen molar-refractivity contribution in [1.29, 1.82) is 0 Å². The van der Waals surface area contributed by atoms with E-state index in [2.05, 4.69) is 34.3 Å². The number of carbonyl (C=O) groups excluding carboxylic acids is 1. The Morgan fingerprint density at radius 3 is 2.45 bits per heavy atom. The number of carbonyl (C=O) groups is 1. The Morgan fingerprint density at radius 1 is 1.36 bits per heavy atom. The second-order valence-electron chi connectivity index (χ2n) is 7.26. The van der Waals surface area contributed by atoms with Crippen molar-refractivity contribution in [2.45, 2.75) is 63.3 Å². The molecule has 2 rings (SSSR count). The monoisotopic (exact) mass is 326 g/mol. The summed E-state index contributed by atoms with van der Waals surface area (Å²) in [7, 11) is -1.29. The van der Waals surface area contributed by atoms with Crippen LogP contribution >= 0.6 is 0 Å².